The summed E-state index contributed by atoms with van der Waals surface area (Å²) in [6.07, 6.45) is 1.11. The number of hydrogen-bond acceptors (Lipinski definition) is 3. The molecule has 3 nitrogen and oxygen atoms in total. The molecule has 2 aromatic rings. The van der Waals surface area contributed by atoms with Gasteiger partial charge in [-0.1, -0.05) is 36.4 Å². The Labute approximate surface area is 126 Å². The van der Waals surface area contributed by atoms with Crippen molar-refractivity contribution >= 4 is 16.5 Å². The van der Waals surface area contributed by atoms with E-state index in [0.717, 1.165) is 26.2 Å². The van der Waals surface area contributed by atoms with Crippen LogP contribution in [0, 0.1) is 5.92 Å². The SMILES string of the molecule is CCN(c1cccc2ccccc12)C(CN)C1CCOC1. The van der Waals surface area contributed by atoms with Gasteiger partial charge in [-0.15, -0.1) is 0 Å². The minimum atomic E-state index is 0.350. The van der Waals surface area contributed by atoms with Crippen LogP contribution < -0.4 is 10.6 Å². The molecule has 0 aliphatic carbocycles. The van der Waals surface area contributed by atoms with E-state index in [1.807, 2.05) is 0 Å². The zero-order valence-corrected chi connectivity index (χ0v) is 12.7. The average Bonchev–Trinajstić information content (AvgIpc) is 3.06. The van der Waals surface area contributed by atoms with Gasteiger partial charge in [-0.05, 0) is 24.8 Å². The second-order valence-electron chi connectivity index (χ2n) is 5.71. The molecular weight excluding hydrogens is 260 g/mol. The summed E-state index contributed by atoms with van der Waals surface area (Å²) in [5, 5.41) is 2.59. The van der Waals surface area contributed by atoms with Gasteiger partial charge < -0.3 is 15.4 Å². The van der Waals surface area contributed by atoms with E-state index in [4.69, 9.17) is 10.5 Å². The van der Waals surface area contributed by atoms with Gasteiger partial charge in [0.05, 0.1) is 6.61 Å². The predicted octanol–water partition coefficient (Wildman–Crippen LogP) is 3.03. The Morgan fingerprint density at radius 2 is 2.05 bits per heavy atom. The maximum atomic E-state index is 6.11. The summed E-state index contributed by atoms with van der Waals surface area (Å²) in [4.78, 5) is 2.46. The van der Waals surface area contributed by atoms with Crippen LogP contribution >= 0.6 is 0 Å². The van der Waals surface area contributed by atoms with Gasteiger partial charge in [-0.3, -0.25) is 0 Å². The molecule has 112 valence electrons. The molecule has 0 spiro atoms. The topological polar surface area (TPSA) is 38.5 Å². The molecule has 0 amide bonds. The summed E-state index contributed by atoms with van der Waals surface area (Å²) in [6.45, 7) is 5.55. The molecule has 1 heterocycles. The number of hydrogen-bond donors (Lipinski definition) is 1. The molecular formula is C18H24N2O. The Balaban J connectivity index is 2.00. The summed E-state index contributed by atoms with van der Waals surface area (Å²) >= 11 is 0. The number of ether oxygens (including phenoxy) is 1. The van der Waals surface area contributed by atoms with Crippen LogP contribution in [0.15, 0.2) is 42.5 Å². The Hall–Kier alpha value is -1.58. The van der Waals surface area contributed by atoms with E-state index in [-0.39, 0.29) is 0 Å². The largest absolute Gasteiger partial charge is 0.381 e. The second-order valence-corrected chi connectivity index (χ2v) is 5.71. The Kier molecular flexibility index (Phi) is 4.42. The van der Waals surface area contributed by atoms with Crippen LogP contribution in [0.4, 0.5) is 5.69 Å². The Morgan fingerprint density at radius 1 is 1.24 bits per heavy atom. The first-order valence-electron chi connectivity index (χ1n) is 7.87. The van der Waals surface area contributed by atoms with Crippen LogP contribution in [-0.2, 0) is 4.74 Å². The van der Waals surface area contributed by atoms with Crippen LogP contribution in [0.25, 0.3) is 10.8 Å². The molecule has 1 aliphatic heterocycles. The van der Waals surface area contributed by atoms with Crippen molar-refractivity contribution in [3.63, 3.8) is 0 Å². The first-order chi connectivity index (χ1) is 10.3. The van der Waals surface area contributed by atoms with Gasteiger partial charge in [0.15, 0.2) is 0 Å². The third-order valence-electron chi connectivity index (χ3n) is 4.57. The standard InChI is InChI=1S/C18H24N2O/c1-2-20(18(12-19)15-10-11-21-13-15)17-9-5-7-14-6-3-4-8-16(14)17/h3-9,15,18H,2,10-13,19H2,1H3. The minimum absolute atomic E-state index is 0.350. The van der Waals surface area contributed by atoms with Crippen LogP contribution in [0.1, 0.15) is 13.3 Å². The van der Waals surface area contributed by atoms with Gasteiger partial charge in [-0.25, -0.2) is 0 Å². The molecule has 0 aromatic heterocycles. The molecule has 3 heteroatoms. The summed E-state index contributed by atoms with van der Waals surface area (Å²) in [5.74, 6) is 0.536. The van der Waals surface area contributed by atoms with E-state index in [1.165, 1.54) is 16.5 Å². The lowest BCUT2D eigenvalue weighted by Crippen LogP contribution is -2.46. The first-order valence-corrected chi connectivity index (χ1v) is 7.87. The quantitative estimate of drug-likeness (QED) is 0.917. The highest BCUT2D eigenvalue weighted by atomic mass is 16.5. The molecule has 1 fully saturated rings. The van der Waals surface area contributed by atoms with Crippen molar-refractivity contribution < 1.29 is 4.74 Å². The lowest BCUT2D eigenvalue weighted by Gasteiger charge is -2.36. The fourth-order valence-corrected chi connectivity index (χ4v) is 3.47. The summed E-state index contributed by atoms with van der Waals surface area (Å²) in [5.41, 5.74) is 7.40. The molecule has 21 heavy (non-hydrogen) atoms. The number of nitrogens with zero attached hydrogens (tertiary/aromatic N) is 1. The number of fused-ring (bicyclic) bond motifs is 1. The average molecular weight is 284 g/mol. The molecule has 2 unspecified atom stereocenters. The van der Waals surface area contributed by atoms with Crippen molar-refractivity contribution in [2.24, 2.45) is 11.7 Å². The Bertz CT molecular complexity index is 587. The van der Waals surface area contributed by atoms with Gasteiger partial charge in [0.2, 0.25) is 0 Å². The van der Waals surface area contributed by atoms with E-state index in [0.29, 0.717) is 18.5 Å². The molecule has 3 rings (SSSR count). The molecule has 2 aromatic carbocycles. The molecule has 2 atom stereocenters. The van der Waals surface area contributed by atoms with Crippen molar-refractivity contribution in [2.75, 3.05) is 31.2 Å². The minimum Gasteiger partial charge on any atom is -0.381 e. The van der Waals surface area contributed by atoms with Crippen molar-refractivity contribution in [1.82, 2.24) is 0 Å². The van der Waals surface area contributed by atoms with E-state index < -0.39 is 0 Å². The number of benzene rings is 2. The predicted molar refractivity (Wildman–Crippen MR) is 88.7 cm³/mol. The monoisotopic (exact) mass is 284 g/mol. The highest BCUT2D eigenvalue weighted by molar-refractivity contribution is 5.94. The molecule has 0 bridgehead atoms. The molecule has 1 saturated heterocycles. The highest BCUT2D eigenvalue weighted by Gasteiger charge is 2.29. The maximum absolute atomic E-state index is 6.11. The fourth-order valence-electron chi connectivity index (χ4n) is 3.47. The van der Waals surface area contributed by atoms with Crippen LogP contribution in [0.5, 0.6) is 0 Å². The third-order valence-corrected chi connectivity index (χ3v) is 4.57. The lowest BCUT2D eigenvalue weighted by molar-refractivity contribution is 0.180. The van der Waals surface area contributed by atoms with Crippen molar-refractivity contribution in [1.29, 1.82) is 0 Å². The number of nitrogens with two attached hydrogens (primary N) is 1. The molecule has 2 N–H and O–H groups in total. The molecule has 1 aliphatic rings. The van der Waals surface area contributed by atoms with Gasteiger partial charge >= 0.3 is 0 Å². The van der Waals surface area contributed by atoms with Gasteiger partial charge in [-0.2, -0.15) is 0 Å². The van der Waals surface area contributed by atoms with Gasteiger partial charge in [0, 0.05) is 42.7 Å². The normalized spacial score (nSPS) is 19.8. The van der Waals surface area contributed by atoms with E-state index in [1.54, 1.807) is 0 Å². The number of anilines is 1. The van der Waals surface area contributed by atoms with Crippen LogP contribution in [0.3, 0.4) is 0 Å². The summed E-state index contributed by atoms with van der Waals surface area (Å²) in [6, 6.07) is 15.4. The van der Waals surface area contributed by atoms with Crippen LogP contribution in [0.2, 0.25) is 0 Å². The van der Waals surface area contributed by atoms with Crippen molar-refractivity contribution in [2.45, 2.75) is 19.4 Å². The van der Waals surface area contributed by atoms with Crippen LogP contribution in [-0.4, -0.2) is 32.3 Å². The van der Waals surface area contributed by atoms with Crippen molar-refractivity contribution in [3.05, 3.63) is 42.5 Å². The van der Waals surface area contributed by atoms with E-state index in [9.17, 15) is 0 Å². The molecule has 0 radical (unpaired) electrons. The molecule has 0 saturated carbocycles. The second kappa shape index (κ2) is 6.46. The van der Waals surface area contributed by atoms with E-state index in [2.05, 4.69) is 54.3 Å². The fraction of sp³-hybridized carbons (Fsp3) is 0.444. The zero-order valence-electron chi connectivity index (χ0n) is 12.7. The van der Waals surface area contributed by atoms with Crippen molar-refractivity contribution in [3.8, 4) is 0 Å². The van der Waals surface area contributed by atoms with E-state index >= 15 is 0 Å². The lowest BCUT2D eigenvalue weighted by atomic mass is 9.96. The smallest absolute Gasteiger partial charge is 0.0515 e. The van der Waals surface area contributed by atoms with Gasteiger partial charge in [0.1, 0.15) is 0 Å². The maximum Gasteiger partial charge on any atom is 0.0515 e. The first kappa shape index (κ1) is 14.4. The summed E-state index contributed by atoms with van der Waals surface area (Å²) < 4.78 is 5.58. The summed E-state index contributed by atoms with van der Waals surface area (Å²) in [7, 11) is 0. The zero-order chi connectivity index (χ0) is 14.7. The highest BCUT2D eigenvalue weighted by Crippen LogP contribution is 2.31. The number of likely N-dealkylation sites (N-methyl/N-ethyl adjacent to an activating group) is 1. The third kappa shape index (κ3) is 2.76. The number of rotatable bonds is 5. The van der Waals surface area contributed by atoms with Gasteiger partial charge in [0.25, 0.3) is 0 Å². The Morgan fingerprint density at radius 3 is 2.76 bits per heavy atom.